The fraction of sp³-hybridized carbons (Fsp3) is 1.00. The van der Waals surface area contributed by atoms with Crippen molar-refractivity contribution in [2.45, 2.75) is 97.8 Å². The van der Waals surface area contributed by atoms with Crippen molar-refractivity contribution in [3.63, 3.8) is 0 Å². The lowest BCUT2D eigenvalue weighted by atomic mass is 10.1. The van der Waals surface area contributed by atoms with Crippen LogP contribution in [0, 0.1) is 0 Å². The van der Waals surface area contributed by atoms with Crippen LogP contribution in [-0.2, 0) is 4.84 Å². The Labute approximate surface area is 128 Å². The monoisotopic (exact) mass is 285 g/mol. The van der Waals surface area contributed by atoms with Gasteiger partial charge in [-0.15, -0.1) is 0 Å². The number of nitrogens with zero attached hydrogens (tertiary/aromatic N) is 1. The first-order chi connectivity index (χ1) is 9.85. The predicted molar refractivity (Wildman–Crippen MR) is 90.0 cm³/mol. The smallest absolute Gasteiger partial charge is 0.0685 e. The van der Waals surface area contributed by atoms with Crippen LogP contribution >= 0.6 is 0 Å². The highest BCUT2D eigenvalue weighted by atomic mass is 16.7. The van der Waals surface area contributed by atoms with E-state index in [0.29, 0.717) is 0 Å². The van der Waals surface area contributed by atoms with Crippen LogP contribution in [0.5, 0.6) is 0 Å². The van der Waals surface area contributed by atoms with Gasteiger partial charge in [-0.1, -0.05) is 78.6 Å². The van der Waals surface area contributed by atoms with Gasteiger partial charge in [0.25, 0.3) is 0 Å². The second kappa shape index (κ2) is 17.0. The summed E-state index contributed by atoms with van der Waals surface area (Å²) in [5.74, 6) is 0. The van der Waals surface area contributed by atoms with Gasteiger partial charge < -0.3 is 0 Å². The fourth-order valence-electron chi connectivity index (χ4n) is 2.52. The summed E-state index contributed by atoms with van der Waals surface area (Å²) in [6.07, 6.45) is 16.3. The molecule has 0 radical (unpaired) electrons. The van der Waals surface area contributed by atoms with Crippen LogP contribution in [-0.4, -0.2) is 24.8 Å². The van der Waals surface area contributed by atoms with Crippen LogP contribution in [0.1, 0.15) is 97.8 Å². The molecule has 122 valence electrons. The van der Waals surface area contributed by atoms with Crippen molar-refractivity contribution in [3.05, 3.63) is 0 Å². The minimum atomic E-state index is 0.913. The summed E-state index contributed by atoms with van der Waals surface area (Å²) < 4.78 is 0. The van der Waals surface area contributed by atoms with Crippen molar-refractivity contribution in [1.82, 2.24) is 5.06 Å². The van der Waals surface area contributed by atoms with Gasteiger partial charge in [-0.25, -0.2) is 0 Å². The van der Waals surface area contributed by atoms with Crippen molar-refractivity contribution in [2.24, 2.45) is 0 Å². The van der Waals surface area contributed by atoms with Crippen LogP contribution in [0.25, 0.3) is 0 Å². The zero-order chi connectivity index (χ0) is 14.9. The van der Waals surface area contributed by atoms with Crippen molar-refractivity contribution in [2.75, 3.05) is 19.7 Å². The van der Waals surface area contributed by atoms with E-state index in [1.165, 1.54) is 77.0 Å². The van der Waals surface area contributed by atoms with Crippen LogP contribution in [0.4, 0.5) is 0 Å². The van der Waals surface area contributed by atoms with E-state index >= 15 is 0 Å². The maximum atomic E-state index is 5.83. The topological polar surface area (TPSA) is 12.5 Å². The second-order valence-electron chi connectivity index (χ2n) is 5.94. The van der Waals surface area contributed by atoms with E-state index in [9.17, 15) is 0 Å². The summed E-state index contributed by atoms with van der Waals surface area (Å²) in [5, 5.41) is 2.15. The van der Waals surface area contributed by atoms with Crippen molar-refractivity contribution in [3.8, 4) is 0 Å². The van der Waals surface area contributed by atoms with Gasteiger partial charge in [0, 0.05) is 13.1 Å². The Kier molecular flexibility index (Phi) is 16.9. The third-order valence-corrected chi connectivity index (χ3v) is 3.72. The van der Waals surface area contributed by atoms with Crippen molar-refractivity contribution in [1.29, 1.82) is 0 Å². The molecule has 0 saturated carbocycles. The van der Waals surface area contributed by atoms with Crippen molar-refractivity contribution < 1.29 is 4.84 Å². The summed E-state index contributed by atoms with van der Waals surface area (Å²) in [7, 11) is 0. The van der Waals surface area contributed by atoms with Crippen LogP contribution in [0.2, 0.25) is 0 Å². The SMILES string of the molecule is CCCCCCCCCCCCON(CCC)CCC. The molecule has 20 heavy (non-hydrogen) atoms. The lowest BCUT2D eigenvalue weighted by molar-refractivity contribution is -0.159. The lowest BCUT2D eigenvalue weighted by Gasteiger charge is -2.20. The van der Waals surface area contributed by atoms with Crippen molar-refractivity contribution >= 4 is 0 Å². The maximum absolute atomic E-state index is 5.83. The molecule has 0 aromatic heterocycles. The van der Waals surface area contributed by atoms with Gasteiger partial charge in [-0.05, 0) is 19.3 Å². The highest BCUT2D eigenvalue weighted by Crippen LogP contribution is 2.10. The molecule has 0 bridgehead atoms. The summed E-state index contributed by atoms with van der Waals surface area (Å²) >= 11 is 0. The number of unbranched alkanes of at least 4 members (excludes halogenated alkanes) is 9. The Morgan fingerprint density at radius 3 is 1.45 bits per heavy atom. The predicted octanol–water partition coefficient (Wildman–Crippen LogP) is 5.96. The normalized spacial score (nSPS) is 11.4. The van der Waals surface area contributed by atoms with E-state index in [1.54, 1.807) is 0 Å². The molecule has 0 aliphatic rings. The maximum Gasteiger partial charge on any atom is 0.0685 e. The molecule has 0 fully saturated rings. The molecule has 0 amide bonds. The van der Waals surface area contributed by atoms with Gasteiger partial charge >= 0.3 is 0 Å². The molecule has 2 heteroatoms. The standard InChI is InChI=1S/C18H39NO/c1-4-7-8-9-10-11-12-13-14-15-18-20-19(16-5-2)17-6-3/h4-18H2,1-3H3. The van der Waals surface area contributed by atoms with Crippen LogP contribution in [0.3, 0.4) is 0 Å². The Hall–Kier alpha value is -0.0800. The lowest BCUT2D eigenvalue weighted by Crippen LogP contribution is -2.26. The molecule has 0 unspecified atom stereocenters. The molecule has 0 aromatic carbocycles. The molecular weight excluding hydrogens is 246 g/mol. The minimum Gasteiger partial charge on any atom is -0.299 e. The quantitative estimate of drug-likeness (QED) is 0.256. The Balaban J connectivity index is 3.18. The summed E-state index contributed by atoms with van der Waals surface area (Å²) in [6, 6.07) is 0. The number of hydrogen-bond acceptors (Lipinski definition) is 2. The molecule has 0 saturated heterocycles. The molecule has 2 nitrogen and oxygen atoms in total. The Morgan fingerprint density at radius 1 is 0.550 bits per heavy atom. The van der Waals surface area contributed by atoms with Gasteiger partial charge in [0.2, 0.25) is 0 Å². The highest BCUT2D eigenvalue weighted by molar-refractivity contribution is 4.48. The summed E-state index contributed by atoms with van der Waals surface area (Å²) in [6.45, 7) is 9.77. The highest BCUT2D eigenvalue weighted by Gasteiger charge is 2.01. The molecule has 0 atom stereocenters. The third-order valence-electron chi connectivity index (χ3n) is 3.72. The summed E-state index contributed by atoms with van der Waals surface area (Å²) in [5.41, 5.74) is 0. The van der Waals surface area contributed by atoms with Gasteiger partial charge in [-0.2, -0.15) is 5.06 Å². The number of rotatable bonds is 16. The average molecular weight is 286 g/mol. The molecule has 0 aliphatic carbocycles. The molecule has 0 spiro atoms. The molecular formula is C18H39NO. The van der Waals surface area contributed by atoms with E-state index in [-0.39, 0.29) is 0 Å². The van der Waals surface area contributed by atoms with E-state index in [1.807, 2.05) is 0 Å². The second-order valence-corrected chi connectivity index (χ2v) is 5.94. The zero-order valence-electron chi connectivity index (χ0n) is 14.5. The van der Waals surface area contributed by atoms with Crippen LogP contribution < -0.4 is 0 Å². The average Bonchev–Trinajstić information content (AvgIpc) is 2.45. The third kappa shape index (κ3) is 14.3. The van der Waals surface area contributed by atoms with Gasteiger partial charge in [0.05, 0.1) is 6.61 Å². The van der Waals surface area contributed by atoms with E-state index in [4.69, 9.17) is 4.84 Å². The first-order valence-electron chi connectivity index (χ1n) is 9.23. The molecule has 0 heterocycles. The molecule has 0 N–H and O–H groups in total. The molecule has 0 rings (SSSR count). The van der Waals surface area contributed by atoms with Gasteiger partial charge in [-0.3, -0.25) is 4.84 Å². The minimum absolute atomic E-state index is 0.913. The van der Waals surface area contributed by atoms with Gasteiger partial charge in [0.15, 0.2) is 0 Å². The Bertz CT molecular complexity index is 167. The van der Waals surface area contributed by atoms with E-state index in [2.05, 4.69) is 25.8 Å². The van der Waals surface area contributed by atoms with Gasteiger partial charge in [0.1, 0.15) is 0 Å². The molecule has 0 aliphatic heterocycles. The van der Waals surface area contributed by atoms with E-state index in [0.717, 1.165) is 19.7 Å². The number of hydrogen-bond donors (Lipinski definition) is 0. The zero-order valence-corrected chi connectivity index (χ0v) is 14.5. The fourth-order valence-corrected chi connectivity index (χ4v) is 2.52. The Morgan fingerprint density at radius 2 is 1.00 bits per heavy atom. The number of hydroxylamine groups is 2. The van der Waals surface area contributed by atoms with Crippen LogP contribution in [0.15, 0.2) is 0 Å². The van der Waals surface area contributed by atoms with E-state index < -0.39 is 0 Å². The summed E-state index contributed by atoms with van der Waals surface area (Å²) in [4.78, 5) is 5.83. The molecule has 0 aromatic rings. The largest absolute Gasteiger partial charge is 0.299 e. The first kappa shape index (κ1) is 19.9. The first-order valence-corrected chi connectivity index (χ1v) is 9.23.